The first-order chi connectivity index (χ1) is 19.3. The summed E-state index contributed by atoms with van der Waals surface area (Å²) in [5, 5.41) is 21.8. The monoisotopic (exact) mass is 605 g/mol. The van der Waals surface area contributed by atoms with Crippen LogP contribution in [0.5, 0.6) is 0 Å². The molecule has 3 aromatic carbocycles. The normalized spacial score (nSPS) is 15.3. The van der Waals surface area contributed by atoms with Gasteiger partial charge in [-0.3, -0.25) is 9.69 Å². The van der Waals surface area contributed by atoms with E-state index in [1.165, 1.54) is 9.58 Å². The number of H-pyrrole nitrogens is 1. The first-order valence-electron chi connectivity index (χ1n) is 11.9. The number of aliphatic carboxylic acids is 1. The highest BCUT2D eigenvalue weighted by Crippen LogP contribution is 2.35. The maximum atomic E-state index is 13.2. The van der Waals surface area contributed by atoms with Crippen molar-refractivity contribution in [3.05, 3.63) is 110 Å². The molecule has 0 bridgehead atoms. The molecule has 1 aliphatic rings. The van der Waals surface area contributed by atoms with Gasteiger partial charge in [-0.15, -0.1) is 0 Å². The Morgan fingerprint density at radius 1 is 1.05 bits per heavy atom. The number of hydrogen-bond donors (Lipinski definition) is 2. The maximum absolute atomic E-state index is 13.2. The summed E-state index contributed by atoms with van der Waals surface area (Å²) in [4.78, 5) is 26.8. The van der Waals surface area contributed by atoms with Crippen LogP contribution in [0.2, 0.25) is 5.02 Å². The summed E-state index contributed by atoms with van der Waals surface area (Å²) < 4.78 is 2.02. The van der Waals surface area contributed by atoms with E-state index < -0.39 is 17.9 Å². The van der Waals surface area contributed by atoms with E-state index in [2.05, 4.69) is 15.3 Å². The number of nitrogens with one attached hydrogen (secondary N) is 1. The zero-order chi connectivity index (χ0) is 28.2. The van der Waals surface area contributed by atoms with E-state index in [1.807, 2.05) is 72.8 Å². The van der Waals surface area contributed by atoms with Gasteiger partial charge in [-0.2, -0.15) is 14.9 Å². The van der Waals surface area contributed by atoms with E-state index in [4.69, 9.17) is 36.0 Å². The highest BCUT2D eigenvalue weighted by atomic mass is 35.5. The number of carbonyl (C=O) groups excluding carboxylic acids is 1. The number of nitrogens with zero attached hydrogens (tertiary/aromatic N) is 4. The lowest BCUT2D eigenvalue weighted by atomic mass is 10.0. The molecule has 2 heterocycles. The second-order valence-electron chi connectivity index (χ2n) is 8.65. The summed E-state index contributed by atoms with van der Waals surface area (Å²) in [7, 11) is 0. The van der Waals surface area contributed by atoms with Gasteiger partial charge in [-0.05, 0) is 47.1 Å². The van der Waals surface area contributed by atoms with Gasteiger partial charge in [-0.25, -0.2) is 9.89 Å². The van der Waals surface area contributed by atoms with Gasteiger partial charge in [0.15, 0.2) is 5.82 Å². The van der Waals surface area contributed by atoms with Crippen LogP contribution in [0, 0.1) is 4.77 Å². The van der Waals surface area contributed by atoms with Crippen LogP contribution < -0.4 is 0 Å². The van der Waals surface area contributed by atoms with Crippen LogP contribution in [-0.2, 0) is 16.0 Å². The summed E-state index contributed by atoms with van der Waals surface area (Å²) in [6.07, 6.45) is 3.49. The number of thiocarbonyl (C=S) groups is 1. The molecule has 5 rings (SSSR count). The van der Waals surface area contributed by atoms with Gasteiger partial charge >= 0.3 is 5.97 Å². The van der Waals surface area contributed by atoms with Gasteiger partial charge < -0.3 is 5.11 Å². The van der Waals surface area contributed by atoms with Crippen LogP contribution in [0.25, 0.3) is 17.5 Å². The molecule has 1 saturated heterocycles. The number of amides is 1. The minimum Gasteiger partial charge on any atom is -0.480 e. The molecule has 1 atom stereocenters. The Hall–Kier alpha value is -3.90. The number of thioether (sulfide) groups is 1. The second kappa shape index (κ2) is 12.1. The number of hydrogen-bond acceptors (Lipinski definition) is 7. The number of rotatable bonds is 8. The highest BCUT2D eigenvalue weighted by molar-refractivity contribution is 8.26. The van der Waals surface area contributed by atoms with E-state index in [0.29, 0.717) is 26.1 Å². The van der Waals surface area contributed by atoms with Gasteiger partial charge in [0.2, 0.25) is 4.77 Å². The standard InChI is InChI=1S/C28H20ClN5O3S3/c29-21-9-5-4-8-20(21)24-31-32-27(38)34(24)30-16-19-12-10-18(11-13-19)15-23-25(35)33(28(39)40-23)22(26(36)37)14-17-6-2-1-3-7-17/h1-13,15-16,22H,14H2,(H,32,38)(H,36,37)/b23-15-,30-16+/t22-/m0/s1. The summed E-state index contributed by atoms with van der Waals surface area (Å²) in [6, 6.07) is 22.7. The minimum atomic E-state index is -1.11. The number of aromatic amines is 1. The number of carbonyl (C=O) groups is 2. The molecule has 12 heteroatoms. The molecule has 8 nitrogen and oxygen atoms in total. The van der Waals surface area contributed by atoms with Crippen molar-refractivity contribution in [1.82, 2.24) is 19.8 Å². The topological polar surface area (TPSA) is 104 Å². The van der Waals surface area contributed by atoms with Crippen LogP contribution in [0.15, 0.2) is 88.9 Å². The molecular formula is C28H20ClN5O3S3. The molecule has 0 spiro atoms. The Kier molecular flexibility index (Phi) is 8.36. The van der Waals surface area contributed by atoms with Crippen LogP contribution in [-0.4, -0.2) is 53.3 Å². The Morgan fingerprint density at radius 2 is 1.73 bits per heavy atom. The third kappa shape index (κ3) is 5.97. The van der Waals surface area contributed by atoms with Gasteiger partial charge in [0.25, 0.3) is 5.91 Å². The first-order valence-corrected chi connectivity index (χ1v) is 13.9. The van der Waals surface area contributed by atoms with Crippen LogP contribution in [0.1, 0.15) is 16.7 Å². The number of aromatic nitrogens is 3. The fraction of sp³-hybridized carbons (Fsp3) is 0.0714. The third-order valence-electron chi connectivity index (χ3n) is 6.01. The Morgan fingerprint density at radius 3 is 2.42 bits per heavy atom. The molecular weight excluding hydrogens is 586 g/mol. The lowest BCUT2D eigenvalue weighted by Crippen LogP contribution is -2.45. The largest absolute Gasteiger partial charge is 0.480 e. The SMILES string of the molecule is O=C(O)[C@H](Cc1ccccc1)N1C(=O)/C(=C/c2ccc(/C=N/n3c(-c4ccccc4Cl)n[nH]c3=S)cc2)SC1=S. The van der Waals surface area contributed by atoms with E-state index in [9.17, 15) is 14.7 Å². The molecule has 0 aliphatic carbocycles. The molecule has 1 aromatic heterocycles. The summed E-state index contributed by atoms with van der Waals surface area (Å²) in [5.41, 5.74) is 3.03. The van der Waals surface area contributed by atoms with Crippen molar-refractivity contribution in [2.24, 2.45) is 5.10 Å². The van der Waals surface area contributed by atoms with Crippen molar-refractivity contribution in [3.8, 4) is 11.4 Å². The summed E-state index contributed by atoms with van der Waals surface area (Å²) >= 11 is 18.1. The summed E-state index contributed by atoms with van der Waals surface area (Å²) in [6.45, 7) is 0. The summed E-state index contributed by atoms with van der Waals surface area (Å²) in [5.74, 6) is -1.05. The van der Waals surface area contributed by atoms with Crippen molar-refractivity contribution < 1.29 is 14.7 Å². The van der Waals surface area contributed by atoms with E-state index in [0.717, 1.165) is 28.5 Å². The quantitative estimate of drug-likeness (QED) is 0.143. The lowest BCUT2D eigenvalue weighted by Gasteiger charge is -2.23. The van der Waals surface area contributed by atoms with Crippen LogP contribution >= 0.6 is 47.8 Å². The fourth-order valence-corrected chi connectivity index (χ4v) is 5.80. The molecule has 0 unspecified atom stereocenters. The zero-order valence-electron chi connectivity index (χ0n) is 20.6. The van der Waals surface area contributed by atoms with Crippen molar-refractivity contribution in [3.63, 3.8) is 0 Å². The second-order valence-corrected chi connectivity index (χ2v) is 11.1. The van der Waals surface area contributed by atoms with Crippen molar-refractivity contribution >= 4 is 76.3 Å². The Labute approximate surface area is 249 Å². The molecule has 1 amide bonds. The molecule has 200 valence electrons. The average molecular weight is 606 g/mol. The fourth-order valence-electron chi connectivity index (χ4n) is 4.04. The lowest BCUT2D eigenvalue weighted by molar-refractivity contribution is -0.145. The van der Waals surface area contributed by atoms with Crippen molar-refractivity contribution in [2.75, 3.05) is 0 Å². The van der Waals surface area contributed by atoms with Gasteiger partial charge in [-0.1, -0.05) is 102 Å². The number of carboxylic acids is 1. The molecule has 1 fully saturated rings. The molecule has 0 saturated carbocycles. The van der Waals surface area contributed by atoms with Crippen LogP contribution in [0.3, 0.4) is 0 Å². The molecule has 4 aromatic rings. The molecule has 1 aliphatic heterocycles. The Bertz CT molecular complexity index is 1710. The highest BCUT2D eigenvalue weighted by Gasteiger charge is 2.40. The predicted molar refractivity (Wildman–Crippen MR) is 164 cm³/mol. The number of benzene rings is 3. The molecule has 2 N–H and O–H groups in total. The van der Waals surface area contributed by atoms with E-state index in [-0.39, 0.29) is 10.7 Å². The smallest absolute Gasteiger partial charge is 0.327 e. The predicted octanol–water partition coefficient (Wildman–Crippen LogP) is 6.04. The first kappa shape index (κ1) is 27.7. The van der Waals surface area contributed by atoms with Crippen LogP contribution in [0.4, 0.5) is 0 Å². The number of halogens is 1. The minimum absolute atomic E-state index is 0.156. The van der Waals surface area contributed by atoms with Gasteiger partial charge in [0.1, 0.15) is 10.4 Å². The molecule has 0 radical (unpaired) electrons. The number of carboxylic acid groups (broad SMARTS) is 1. The zero-order valence-corrected chi connectivity index (χ0v) is 23.8. The van der Waals surface area contributed by atoms with Gasteiger partial charge in [0, 0.05) is 12.0 Å². The third-order valence-corrected chi connectivity index (χ3v) is 7.94. The van der Waals surface area contributed by atoms with Crippen molar-refractivity contribution in [1.29, 1.82) is 0 Å². The Balaban J connectivity index is 1.33. The van der Waals surface area contributed by atoms with E-state index in [1.54, 1.807) is 18.4 Å². The van der Waals surface area contributed by atoms with E-state index >= 15 is 0 Å². The van der Waals surface area contributed by atoms with Gasteiger partial charge in [0.05, 0.1) is 16.1 Å². The maximum Gasteiger partial charge on any atom is 0.327 e. The molecule has 40 heavy (non-hydrogen) atoms. The average Bonchev–Trinajstić information content (AvgIpc) is 3.45. The van der Waals surface area contributed by atoms with Crippen molar-refractivity contribution in [2.45, 2.75) is 12.5 Å².